The summed E-state index contributed by atoms with van der Waals surface area (Å²) in [7, 11) is 0. The van der Waals surface area contributed by atoms with Crippen molar-refractivity contribution >= 4 is 17.3 Å². The molecule has 1 aromatic carbocycles. The summed E-state index contributed by atoms with van der Waals surface area (Å²) in [6.07, 6.45) is 3.13. The predicted octanol–water partition coefficient (Wildman–Crippen LogP) is 2.80. The molecule has 1 amide bonds. The monoisotopic (exact) mass is 343 g/mol. The fourth-order valence-electron chi connectivity index (χ4n) is 2.45. The van der Waals surface area contributed by atoms with Crippen LogP contribution in [0.5, 0.6) is 5.88 Å². The molecule has 8 nitrogen and oxygen atoms in total. The Kier molecular flexibility index (Phi) is 5.20. The van der Waals surface area contributed by atoms with Gasteiger partial charge in [0.2, 0.25) is 5.88 Å². The third-order valence-corrected chi connectivity index (χ3v) is 3.77. The minimum atomic E-state index is -0.514. The number of benzene rings is 1. The van der Waals surface area contributed by atoms with Crippen molar-refractivity contribution in [1.82, 2.24) is 4.98 Å². The second-order valence-electron chi connectivity index (χ2n) is 5.58. The number of rotatable bonds is 5. The first kappa shape index (κ1) is 16.8. The zero-order valence-electron chi connectivity index (χ0n) is 13.4. The number of nitro benzene ring substituents is 1. The average molecular weight is 343 g/mol. The molecule has 130 valence electrons. The molecule has 1 aliphatic rings. The van der Waals surface area contributed by atoms with Crippen molar-refractivity contribution in [3.05, 3.63) is 58.3 Å². The fourth-order valence-corrected chi connectivity index (χ4v) is 2.45. The summed E-state index contributed by atoms with van der Waals surface area (Å²) in [6.45, 7) is 1.35. The zero-order chi connectivity index (χ0) is 17.6. The quantitative estimate of drug-likeness (QED) is 0.661. The van der Waals surface area contributed by atoms with Crippen LogP contribution in [0.25, 0.3) is 0 Å². The van der Waals surface area contributed by atoms with E-state index in [0.717, 1.165) is 12.8 Å². The van der Waals surface area contributed by atoms with Crippen molar-refractivity contribution in [3.63, 3.8) is 0 Å². The number of non-ortho nitro benzene ring substituents is 1. The molecule has 0 bridgehead atoms. The molecule has 0 radical (unpaired) electrons. The van der Waals surface area contributed by atoms with Crippen LogP contribution in [-0.2, 0) is 4.74 Å². The summed E-state index contributed by atoms with van der Waals surface area (Å²) >= 11 is 0. The van der Waals surface area contributed by atoms with Crippen LogP contribution in [-0.4, -0.2) is 35.1 Å². The van der Waals surface area contributed by atoms with Crippen LogP contribution < -0.4 is 10.1 Å². The van der Waals surface area contributed by atoms with Crippen molar-refractivity contribution < 1.29 is 19.2 Å². The number of carbonyl (C=O) groups excluding carboxylic acids is 1. The molecular formula is C17H17N3O5. The Morgan fingerprint density at radius 2 is 2.08 bits per heavy atom. The summed E-state index contributed by atoms with van der Waals surface area (Å²) in [4.78, 5) is 26.6. The van der Waals surface area contributed by atoms with Gasteiger partial charge in [0.1, 0.15) is 6.10 Å². The number of hydrogen-bond acceptors (Lipinski definition) is 6. The number of anilines is 1. The number of carbonyl (C=O) groups is 1. The molecule has 1 fully saturated rings. The van der Waals surface area contributed by atoms with Gasteiger partial charge in [-0.1, -0.05) is 6.07 Å². The van der Waals surface area contributed by atoms with E-state index in [9.17, 15) is 14.9 Å². The van der Waals surface area contributed by atoms with Gasteiger partial charge < -0.3 is 14.8 Å². The van der Waals surface area contributed by atoms with E-state index in [1.54, 1.807) is 18.2 Å². The van der Waals surface area contributed by atoms with Crippen molar-refractivity contribution in [3.8, 4) is 5.88 Å². The number of aromatic nitrogens is 1. The summed E-state index contributed by atoms with van der Waals surface area (Å²) in [6, 6.07) is 9.00. The average Bonchev–Trinajstić information content (AvgIpc) is 2.63. The van der Waals surface area contributed by atoms with E-state index in [2.05, 4.69) is 10.3 Å². The van der Waals surface area contributed by atoms with E-state index in [0.29, 0.717) is 30.3 Å². The number of nitrogens with one attached hydrogen (secondary N) is 1. The van der Waals surface area contributed by atoms with Gasteiger partial charge in [0.15, 0.2) is 0 Å². The van der Waals surface area contributed by atoms with E-state index in [4.69, 9.17) is 9.47 Å². The maximum Gasteiger partial charge on any atom is 0.271 e. The van der Waals surface area contributed by atoms with E-state index in [1.165, 1.54) is 24.4 Å². The highest BCUT2D eigenvalue weighted by molar-refractivity contribution is 6.04. The van der Waals surface area contributed by atoms with Crippen molar-refractivity contribution in [2.45, 2.75) is 18.9 Å². The van der Waals surface area contributed by atoms with Gasteiger partial charge in [-0.05, 0) is 12.1 Å². The smallest absolute Gasteiger partial charge is 0.271 e. The summed E-state index contributed by atoms with van der Waals surface area (Å²) < 4.78 is 11.0. The van der Waals surface area contributed by atoms with Crippen LogP contribution >= 0.6 is 0 Å². The lowest BCUT2D eigenvalue weighted by Gasteiger charge is -2.22. The van der Waals surface area contributed by atoms with Crippen molar-refractivity contribution in [2.75, 3.05) is 18.5 Å². The summed E-state index contributed by atoms with van der Waals surface area (Å²) in [5.74, 6) is 0.0596. The van der Waals surface area contributed by atoms with Gasteiger partial charge in [-0.2, -0.15) is 0 Å². The minimum absolute atomic E-state index is 0.0748. The Balaban J connectivity index is 1.62. The first-order valence-corrected chi connectivity index (χ1v) is 7.88. The first-order valence-electron chi connectivity index (χ1n) is 7.88. The fraction of sp³-hybridized carbons (Fsp3) is 0.294. The molecule has 0 aliphatic carbocycles. The van der Waals surface area contributed by atoms with Crippen LogP contribution in [0.2, 0.25) is 0 Å². The Hall–Kier alpha value is -3.00. The maximum atomic E-state index is 12.2. The van der Waals surface area contributed by atoms with Gasteiger partial charge in [-0.15, -0.1) is 0 Å². The Morgan fingerprint density at radius 3 is 2.76 bits per heavy atom. The number of ether oxygens (including phenoxy) is 2. The first-order chi connectivity index (χ1) is 12.1. The highest BCUT2D eigenvalue weighted by Gasteiger charge is 2.16. The van der Waals surface area contributed by atoms with Crippen molar-refractivity contribution in [1.29, 1.82) is 0 Å². The standard InChI is InChI=1S/C17H17N3O5/c21-17(19-13-2-1-3-14(10-13)20(22)23)12-4-5-16(18-11-12)25-15-6-8-24-9-7-15/h1-5,10-11,15H,6-9H2,(H,19,21). The number of amides is 1. The van der Waals surface area contributed by atoms with Crippen LogP contribution in [0.4, 0.5) is 11.4 Å². The van der Waals surface area contributed by atoms with Crippen molar-refractivity contribution in [2.24, 2.45) is 0 Å². The van der Waals surface area contributed by atoms with E-state index >= 15 is 0 Å². The third kappa shape index (κ3) is 4.51. The van der Waals surface area contributed by atoms with Crippen LogP contribution in [0.3, 0.4) is 0 Å². The Labute approximate surface area is 143 Å². The molecule has 8 heteroatoms. The SMILES string of the molecule is O=C(Nc1cccc([N+](=O)[O-])c1)c1ccc(OC2CCOCC2)nc1. The van der Waals surface area contributed by atoms with E-state index in [1.807, 2.05) is 0 Å². The zero-order valence-corrected chi connectivity index (χ0v) is 13.4. The lowest BCUT2D eigenvalue weighted by atomic mass is 10.1. The molecule has 0 spiro atoms. The molecule has 0 atom stereocenters. The lowest BCUT2D eigenvalue weighted by Crippen LogP contribution is -2.26. The normalized spacial score (nSPS) is 14.7. The molecular weight excluding hydrogens is 326 g/mol. The van der Waals surface area contributed by atoms with Gasteiger partial charge in [-0.25, -0.2) is 4.98 Å². The maximum absolute atomic E-state index is 12.2. The highest BCUT2D eigenvalue weighted by atomic mass is 16.6. The summed E-state index contributed by atoms with van der Waals surface area (Å²) in [5.41, 5.74) is 0.601. The van der Waals surface area contributed by atoms with Gasteiger partial charge in [0.05, 0.1) is 23.7 Å². The van der Waals surface area contributed by atoms with Gasteiger partial charge in [0, 0.05) is 42.9 Å². The molecule has 1 aliphatic heterocycles. The summed E-state index contributed by atoms with van der Waals surface area (Å²) in [5, 5.41) is 13.4. The Morgan fingerprint density at radius 1 is 1.28 bits per heavy atom. The topological polar surface area (TPSA) is 104 Å². The molecule has 0 saturated carbocycles. The number of nitrogens with zero attached hydrogens (tertiary/aromatic N) is 2. The molecule has 1 N–H and O–H groups in total. The molecule has 3 rings (SSSR count). The van der Waals surface area contributed by atoms with E-state index in [-0.39, 0.29) is 11.8 Å². The minimum Gasteiger partial charge on any atom is -0.474 e. The molecule has 1 saturated heterocycles. The number of pyridine rings is 1. The predicted molar refractivity (Wildman–Crippen MR) is 89.8 cm³/mol. The lowest BCUT2D eigenvalue weighted by molar-refractivity contribution is -0.384. The van der Waals surface area contributed by atoms with Crippen LogP contribution in [0.15, 0.2) is 42.6 Å². The van der Waals surface area contributed by atoms with E-state index < -0.39 is 10.8 Å². The van der Waals surface area contributed by atoms with Gasteiger partial charge >= 0.3 is 0 Å². The van der Waals surface area contributed by atoms with Gasteiger partial charge in [-0.3, -0.25) is 14.9 Å². The molecule has 25 heavy (non-hydrogen) atoms. The Bertz CT molecular complexity index is 757. The molecule has 2 heterocycles. The highest BCUT2D eigenvalue weighted by Crippen LogP contribution is 2.19. The number of hydrogen-bond donors (Lipinski definition) is 1. The van der Waals surface area contributed by atoms with Crippen LogP contribution in [0.1, 0.15) is 23.2 Å². The van der Waals surface area contributed by atoms with Gasteiger partial charge in [0.25, 0.3) is 11.6 Å². The second kappa shape index (κ2) is 7.71. The molecule has 2 aromatic rings. The second-order valence-corrected chi connectivity index (χ2v) is 5.58. The number of nitro groups is 1. The van der Waals surface area contributed by atoms with Crippen LogP contribution in [0, 0.1) is 10.1 Å². The molecule has 1 aromatic heterocycles. The molecule has 0 unspecified atom stereocenters. The largest absolute Gasteiger partial charge is 0.474 e. The third-order valence-electron chi connectivity index (χ3n) is 3.77.